The van der Waals surface area contributed by atoms with Crippen LogP contribution in [0.2, 0.25) is 0 Å². The Morgan fingerprint density at radius 3 is 2.07 bits per heavy atom. The Morgan fingerprint density at radius 1 is 1.03 bits per heavy atom. The van der Waals surface area contributed by atoms with Crippen LogP contribution in [-0.4, -0.2) is 37.7 Å². The second kappa shape index (κ2) is 9.16. The van der Waals surface area contributed by atoms with Gasteiger partial charge >= 0.3 is 12.1 Å². The van der Waals surface area contributed by atoms with Crippen molar-refractivity contribution in [1.29, 1.82) is 0 Å². The van der Waals surface area contributed by atoms with Crippen LogP contribution in [0.4, 0.5) is 23.2 Å². The molecule has 0 aliphatic rings. The van der Waals surface area contributed by atoms with Crippen molar-refractivity contribution in [3.05, 3.63) is 71.8 Å². The van der Waals surface area contributed by atoms with E-state index in [-0.39, 0.29) is 11.6 Å². The average molecular weight is 424 g/mol. The first-order valence-corrected chi connectivity index (χ1v) is 8.33. The van der Waals surface area contributed by atoms with Gasteiger partial charge in [-0.3, -0.25) is 4.79 Å². The summed E-state index contributed by atoms with van der Waals surface area (Å²) >= 11 is 0. The lowest BCUT2D eigenvalue weighted by Crippen LogP contribution is -2.21. The fraction of sp³-hybridized carbons (Fsp3) is 0.158. The van der Waals surface area contributed by atoms with Gasteiger partial charge in [-0.05, 0) is 50.2 Å². The van der Waals surface area contributed by atoms with Crippen LogP contribution in [0.25, 0.3) is 5.69 Å². The van der Waals surface area contributed by atoms with Gasteiger partial charge in [-0.25, -0.2) is 19.2 Å². The first-order chi connectivity index (χ1) is 14.0. The van der Waals surface area contributed by atoms with Crippen molar-refractivity contribution in [1.82, 2.24) is 14.5 Å². The number of hydrogen-bond acceptors (Lipinski definition) is 4. The third-order valence-electron chi connectivity index (χ3n) is 3.86. The van der Waals surface area contributed by atoms with Gasteiger partial charge in [0.25, 0.3) is 5.91 Å². The number of rotatable bonds is 3. The lowest BCUT2D eigenvalue weighted by molar-refractivity contribution is -0.192. The van der Waals surface area contributed by atoms with Crippen molar-refractivity contribution in [3.63, 3.8) is 0 Å². The first kappa shape index (κ1) is 22.5. The second-order valence-corrected chi connectivity index (χ2v) is 5.95. The fourth-order valence-electron chi connectivity index (χ4n) is 2.17. The normalized spacial score (nSPS) is 10.7. The van der Waals surface area contributed by atoms with E-state index in [0.29, 0.717) is 5.69 Å². The van der Waals surface area contributed by atoms with Gasteiger partial charge in [-0.2, -0.15) is 13.2 Å². The van der Waals surface area contributed by atoms with Crippen LogP contribution >= 0.6 is 0 Å². The largest absolute Gasteiger partial charge is 0.490 e. The zero-order chi connectivity index (χ0) is 22.5. The molecule has 2 aromatic heterocycles. The Kier molecular flexibility index (Phi) is 6.88. The molecule has 0 bridgehead atoms. The Hall–Kier alpha value is -3.76. The van der Waals surface area contributed by atoms with Crippen LogP contribution in [0.3, 0.4) is 0 Å². The van der Waals surface area contributed by atoms with Crippen molar-refractivity contribution in [3.8, 4) is 5.69 Å². The van der Waals surface area contributed by atoms with E-state index in [1.807, 2.05) is 30.5 Å². The number of aliphatic carboxylic acids is 1. The van der Waals surface area contributed by atoms with Gasteiger partial charge in [0.15, 0.2) is 0 Å². The first-order valence-electron chi connectivity index (χ1n) is 8.33. The molecule has 11 heteroatoms. The number of carbonyl (C=O) groups is 2. The summed E-state index contributed by atoms with van der Waals surface area (Å²) in [6.45, 7) is 3.95. The van der Waals surface area contributed by atoms with E-state index in [1.165, 1.54) is 12.1 Å². The highest BCUT2D eigenvalue weighted by Crippen LogP contribution is 2.17. The van der Waals surface area contributed by atoms with Crippen molar-refractivity contribution < 1.29 is 32.3 Å². The maximum atomic E-state index is 12.8. The highest BCUT2D eigenvalue weighted by molar-refractivity contribution is 6.02. The summed E-state index contributed by atoms with van der Waals surface area (Å²) < 4.78 is 46.5. The standard InChI is InChI=1S/C17H15FN4O.C2HF3O2/c1-11-12(2)22(10-20-11)15-6-4-14(5-7-15)21-17(23)16-8-3-13(18)9-19-16;3-2(4,5)1(6)7/h3-10H,1-2H3,(H,21,23);(H,6,7). The molecule has 0 spiro atoms. The zero-order valence-electron chi connectivity index (χ0n) is 15.7. The van der Waals surface area contributed by atoms with E-state index < -0.39 is 18.0 Å². The van der Waals surface area contributed by atoms with Crippen LogP contribution in [0.5, 0.6) is 0 Å². The highest BCUT2D eigenvalue weighted by Gasteiger charge is 2.38. The highest BCUT2D eigenvalue weighted by atomic mass is 19.4. The molecule has 0 aliphatic heterocycles. The predicted octanol–water partition coefficient (Wildman–Crippen LogP) is 3.91. The molecule has 0 saturated carbocycles. The number of benzene rings is 1. The number of hydrogen-bond donors (Lipinski definition) is 2. The van der Waals surface area contributed by atoms with Crippen molar-refractivity contribution >= 4 is 17.6 Å². The van der Waals surface area contributed by atoms with E-state index >= 15 is 0 Å². The predicted molar refractivity (Wildman–Crippen MR) is 98.9 cm³/mol. The number of nitrogens with zero attached hydrogens (tertiary/aromatic N) is 3. The lowest BCUT2D eigenvalue weighted by Gasteiger charge is -2.08. The zero-order valence-corrected chi connectivity index (χ0v) is 15.7. The van der Waals surface area contributed by atoms with Gasteiger partial charge in [-0.15, -0.1) is 0 Å². The average Bonchev–Trinajstić information content (AvgIpc) is 3.01. The molecule has 158 valence electrons. The number of imidazole rings is 1. The van der Waals surface area contributed by atoms with Gasteiger partial charge in [-0.1, -0.05) is 0 Å². The van der Waals surface area contributed by atoms with Gasteiger partial charge in [0, 0.05) is 17.1 Å². The SMILES string of the molecule is Cc1ncn(-c2ccc(NC(=O)c3ccc(F)cn3)cc2)c1C.O=C(O)C(F)(F)F. The maximum Gasteiger partial charge on any atom is 0.490 e. The summed E-state index contributed by atoms with van der Waals surface area (Å²) in [7, 11) is 0. The number of aromatic nitrogens is 3. The summed E-state index contributed by atoms with van der Waals surface area (Å²) in [5, 5.41) is 9.85. The quantitative estimate of drug-likeness (QED) is 0.622. The number of carbonyl (C=O) groups excluding carboxylic acids is 1. The molecule has 1 aromatic carbocycles. The summed E-state index contributed by atoms with van der Waals surface area (Å²) in [5.41, 5.74) is 3.80. The molecular weight excluding hydrogens is 408 g/mol. The molecule has 7 nitrogen and oxygen atoms in total. The minimum absolute atomic E-state index is 0.163. The molecule has 3 aromatic rings. The minimum Gasteiger partial charge on any atom is -0.475 e. The minimum atomic E-state index is -5.08. The van der Waals surface area contributed by atoms with E-state index in [2.05, 4.69) is 15.3 Å². The van der Waals surface area contributed by atoms with Crippen LogP contribution in [0.15, 0.2) is 48.9 Å². The van der Waals surface area contributed by atoms with Crippen molar-refractivity contribution in [2.75, 3.05) is 5.32 Å². The molecule has 0 unspecified atom stereocenters. The number of aryl methyl sites for hydroxylation is 1. The molecule has 3 rings (SSSR count). The van der Waals surface area contributed by atoms with E-state index in [0.717, 1.165) is 23.3 Å². The molecule has 2 heterocycles. The Morgan fingerprint density at radius 2 is 1.63 bits per heavy atom. The molecule has 1 amide bonds. The van der Waals surface area contributed by atoms with Crippen molar-refractivity contribution in [2.45, 2.75) is 20.0 Å². The number of carboxylic acid groups (broad SMARTS) is 1. The molecular formula is C19H16F4N4O3. The lowest BCUT2D eigenvalue weighted by atomic mass is 10.2. The van der Waals surface area contributed by atoms with Crippen LogP contribution < -0.4 is 5.32 Å². The van der Waals surface area contributed by atoms with Gasteiger partial charge in [0.1, 0.15) is 11.5 Å². The van der Waals surface area contributed by atoms with Gasteiger partial charge in [0.05, 0.1) is 18.2 Å². The van der Waals surface area contributed by atoms with Crippen LogP contribution in [-0.2, 0) is 4.79 Å². The number of nitrogens with one attached hydrogen (secondary N) is 1. The smallest absolute Gasteiger partial charge is 0.475 e. The van der Waals surface area contributed by atoms with E-state index in [4.69, 9.17) is 9.90 Å². The van der Waals surface area contributed by atoms with Crippen LogP contribution in [0.1, 0.15) is 21.9 Å². The number of halogens is 4. The molecule has 0 radical (unpaired) electrons. The molecule has 2 N–H and O–H groups in total. The summed E-state index contributed by atoms with van der Waals surface area (Å²) in [5.74, 6) is -3.61. The van der Waals surface area contributed by atoms with Gasteiger partial charge < -0.3 is 15.0 Å². The fourth-order valence-corrected chi connectivity index (χ4v) is 2.17. The van der Waals surface area contributed by atoms with E-state index in [9.17, 15) is 22.4 Å². The van der Waals surface area contributed by atoms with Crippen LogP contribution in [0, 0.1) is 19.7 Å². The number of pyridine rings is 1. The molecule has 30 heavy (non-hydrogen) atoms. The Labute approximate surface area is 168 Å². The Bertz CT molecular complexity index is 1030. The number of alkyl halides is 3. The van der Waals surface area contributed by atoms with E-state index in [1.54, 1.807) is 18.5 Å². The summed E-state index contributed by atoms with van der Waals surface area (Å²) in [4.78, 5) is 28.9. The number of carboxylic acids is 1. The van der Waals surface area contributed by atoms with Crippen molar-refractivity contribution in [2.24, 2.45) is 0 Å². The maximum absolute atomic E-state index is 12.8. The Balaban J connectivity index is 0.000000396. The number of anilines is 1. The van der Waals surface area contributed by atoms with Gasteiger partial charge in [0.2, 0.25) is 0 Å². The molecule has 0 aliphatic carbocycles. The number of amides is 1. The molecule has 0 atom stereocenters. The molecule has 0 fully saturated rings. The third-order valence-corrected chi connectivity index (χ3v) is 3.86. The third kappa shape index (κ3) is 5.87. The topological polar surface area (TPSA) is 97.1 Å². The monoisotopic (exact) mass is 424 g/mol. The summed E-state index contributed by atoms with van der Waals surface area (Å²) in [6.07, 6.45) is -2.30. The second-order valence-electron chi connectivity index (χ2n) is 5.95. The summed E-state index contributed by atoms with van der Waals surface area (Å²) in [6, 6.07) is 9.92. The molecule has 0 saturated heterocycles.